The van der Waals surface area contributed by atoms with Crippen LogP contribution in [0.1, 0.15) is 5.56 Å². The molecule has 0 aliphatic carbocycles. The predicted molar refractivity (Wildman–Crippen MR) is 84.5 cm³/mol. The van der Waals surface area contributed by atoms with Gasteiger partial charge in [0, 0.05) is 0 Å². The molecule has 0 atom stereocenters. The van der Waals surface area contributed by atoms with Crippen molar-refractivity contribution in [3.63, 3.8) is 0 Å². The van der Waals surface area contributed by atoms with Crippen molar-refractivity contribution >= 4 is 32.9 Å². The van der Waals surface area contributed by atoms with Crippen molar-refractivity contribution in [2.45, 2.75) is 6.92 Å². The number of rotatable bonds is 2. The molecule has 0 bridgehead atoms. The van der Waals surface area contributed by atoms with E-state index in [0.29, 0.717) is 5.95 Å². The maximum atomic E-state index is 6.06. The van der Waals surface area contributed by atoms with Gasteiger partial charge in [0.25, 0.3) is 0 Å². The summed E-state index contributed by atoms with van der Waals surface area (Å²) < 4.78 is 8.06. The average molecular weight is 332 g/mol. The lowest BCUT2D eigenvalue weighted by Gasteiger charge is -2.09. The summed E-state index contributed by atoms with van der Waals surface area (Å²) in [7, 11) is 1.64. The zero-order valence-electron chi connectivity index (χ0n) is 11.2. The molecular formula is C15H14BrN3O. The Labute approximate surface area is 125 Å². The zero-order chi connectivity index (χ0) is 14.3. The second-order valence-corrected chi connectivity index (χ2v) is 5.47. The summed E-state index contributed by atoms with van der Waals surface area (Å²) >= 11 is 3.49. The van der Waals surface area contributed by atoms with Crippen LogP contribution in [0.3, 0.4) is 0 Å². The summed E-state index contributed by atoms with van der Waals surface area (Å²) in [5.74, 6) is 1.26. The number of hydrogen-bond donors (Lipinski definition) is 1. The van der Waals surface area contributed by atoms with Gasteiger partial charge in [-0.05, 0) is 58.7 Å². The number of anilines is 1. The highest BCUT2D eigenvalue weighted by atomic mass is 79.9. The van der Waals surface area contributed by atoms with Crippen LogP contribution in [-0.2, 0) is 0 Å². The predicted octanol–water partition coefficient (Wildman–Crippen LogP) is 3.69. The molecule has 0 aliphatic heterocycles. The van der Waals surface area contributed by atoms with Crippen molar-refractivity contribution in [2.75, 3.05) is 12.8 Å². The van der Waals surface area contributed by atoms with Crippen LogP contribution in [0.5, 0.6) is 5.75 Å². The number of nitrogens with zero attached hydrogens (tertiary/aromatic N) is 2. The number of methoxy groups -OCH3 is 1. The van der Waals surface area contributed by atoms with Crippen molar-refractivity contribution in [1.29, 1.82) is 0 Å². The first-order valence-electron chi connectivity index (χ1n) is 6.18. The van der Waals surface area contributed by atoms with Crippen LogP contribution in [-0.4, -0.2) is 16.7 Å². The van der Waals surface area contributed by atoms with Crippen LogP contribution in [0.4, 0.5) is 5.95 Å². The van der Waals surface area contributed by atoms with Gasteiger partial charge in [-0.2, -0.15) is 0 Å². The summed E-state index contributed by atoms with van der Waals surface area (Å²) in [4.78, 5) is 4.42. The van der Waals surface area contributed by atoms with E-state index in [0.717, 1.165) is 32.5 Å². The second kappa shape index (κ2) is 4.83. The van der Waals surface area contributed by atoms with E-state index in [9.17, 15) is 0 Å². The van der Waals surface area contributed by atoms with Gasteiger partial charge in [-0.1, -0.05) is 6.07 Å². The normalized spacial score (nSPS) is 10.9. The van der Waals surface area contributed by atoms with Gasteiger partial charge in [-0.15, -0.1) is 0 Å². The van der Waals surface area contributed by atoms with E-state index in [2.05, 4.69) is 27.0 Å². The van der Waals surface area contributed by atoms with Crippen LogP contribution in [0.15, 0.2) is 40.9 Å². The van der Waals surface area contributed by atoms with Gasteiger partial charge in [0.1, 0.15) is 5.75 Å². The Hall–Kier alpha value is -2.01. The highest BCUT2D eigenvalue weighted by molar-refractivity contribution is 9.10. The van der Waals surface area contributed by atoms with Crippen molar-refractivity contribution < 1.29 is 4.74 Å². The second-order valence-electron chi connectivity index (χ2n) is 4.62. The Balaban J connectivity index is 2.23. The van der Waals surface area contributed by atoms with Crippen LogP contribution in [0.25, 0.3) is 16.7 Å². The van der Waals surface area contributed by atoms with Crippen LogP contribution < -0.4 is 10.5 Å². The molecule has 2 N–H and O–H groups in total. The average Bonchev–Trinajstić information content (AvgIpc) is 2.73. The van der Waals surface area contributed by atoms with Gasteiger partial charge in [0.2, 0.25) is 5.95 Å². The number of aromatic nitrogens is 2. The monoisotopic (exact) mass is 331 g/mol. The Bertz CT molecular complexity index is 795. The van der Waals surface area contributed by atoms with E-state index in [1.807, 2.05) is 41.8 Å². The smallest absolute Gasteiger partial charge is 0.205 e. The topological polar surface area (TPSA) is 53.1 Å². The quantitative estimate of drug-likeness (QED) is 0.779. The molecule has 0 unspecified atom stereocenters. The van der Waals surface area contributed by atoms with Gasteiger partial charge in [-0.3, -0.25) is 4.57 Å². The van der Waals surface area contributed by atoms with E-state index in [1.165, 1.54) is 0 Å². The number of nitrogen functional groups attached to an aromatic ring is 1. The van der Waals surface area contributed by atoms with E-state index in [4.69, 9.17) is 10.5 Å². The van der Waals surface area contributed by atoms with Gasteiger partial charge in [-0.25, -0.2) is 4.98 Å². The number of aryl methyl sites for hydroxylation is 1. The van der Waals surface area contributed by atoms with Crippen LogP contribution in [0, 0.1) is 6.92 Å². The lowest BCUT2D eigenvalue weighted by Crippen LogP contribution is -2.00. The fourth-order valence-corrected chi connectivity index (χ4v) is 2.80. The molecule has 4 nitrogen and oxygen atoms in total. The molecule has 0 saturated heterocycles. The molecule has 20 heavy (non-hydrogen) atoms. The summed E-state index contributed by atoms with van der Waals surface area (Å²) in [6.45, 7) is 2.04. The van der Waals surface area contributed by atoms with Gasteiger partial charge >= 0.3 is 0 Å². The van der Waals surface area contributed by atoms with Gasteiger partial charge < -0.3 is 10.5 Å². The van der Waals surface area contributed by atoms with E-state index >= 15 is 0 Å². The molecule has 5 heteroatoms. The standard InChI is InChI=1S/C15H14BrN3O/c1-9-3-5-13-12(7-9)18-15(17)19(13)10-4-6-14(20-2)11(16)8-10/h3-8H,1-2H3,(H2,17,18). The number of ether oxygens (including phenoxy) is 1. The fraction of sp³-hybridized carbons (Fsp3) is 0.133. The third-order valence-corrected chi connectivity index (χ3v) is 3.85. The van der Waals surface area contributed by atoms with Crippen molar-refractivity contribution in [3.8, 4) is 11.4 Å². The Morgan fingerprint density at radius 2 is 2.00 bits per heavy atom. The first-order chi connectivity index (χ1) is 9.60. The van der Waals surface area contributed by atoms with Gasteiger partial charge in [0.15, 0.2) is 0 Å². The molecular weight excluding hydrogens is 318 g/mol. The SMILES string of the molecule is COc1ccc(-n2c(N)nc3cc(C)ccc32)cc1Br. The molecule has 0 spiro atoms. The first-order valence-corrected chi connectivity index (χ1v) is 6.98. The number of nitrogens with two attached hydrogens (primary N) is 1. The molecule has 3 rings (SSSR count). The van der Waals surface area contributed by atoms with Crippen molar-refractivity contribution in [1.82, 2.24) is 9.55 Å². The number of fused-ring (bicyclic) bond motifs is 1. The largest absolute Gasteiger partial charge is 0.496 e. The lowest BCUT2D eigenvalue weighted by atomic mass is 10.2. The summed E-state index contributed by atoms with van der Waals surface area (Å²) in [6, 6.07) is 11.9. The number of hydrogen-bond acceptors (Lipinski definition) is 3. The number of benzene rings is 2. The van der Waals surface area contributed by atoms with Crippen LogP contribution in [0.2, 0.25) is 0 Å². The molecule has 0 fully saturated rings. The number of imidazole rings is 1. The Kier molecular flexibility index (Phi) is 3.14. The highest BCUT2D eigenvalue weighted by Crippen LogP contribution is 2.30. The highest BCUT2D eigenvalue weighted by Gasteiger charge is 2.11. The maximum Gasteiger partial charge on any atom is 0.205 e. The molecule has 1 heterocycles. The molecule has 0 radical (unpaired) electrons. The zero-order valence-corrected chi connectivity index (χ0v) is 12.8. The maximum absolute atomic E-state index is 6.06. The Morgan fingerprint density at radius 3 is 2.70 bits per heavy atom. The molecule has 102 valence electrons. The lowest BCUT2D eigenvalue weighted by molar-refractivity contribution is 0.412. The minimum absolute atomic E-state index is 0.475. The van der Waals surface area contributed by atoms with Crippen LogP contribution >= 0.6 is 15.9 Å². The minimum atomic E-state index is 0.475. The molecule has 3 aromatic rings. The van der Waals surface area contributed by atoms with Crippen molar-refractivity contribution in [3.05, 3.63) is 46.4 Å². The van der Waals surface area contributed by atoms with E-state index in [1.54, 1.807) is 7.11 Å². The van der Waals surface area contributed by atoms with Crippen molar-refractivity contribution in [2.24, 2.45) is 0 Å². The molecule has 0 aliphatic rings. The minimum Gasteiger partial charge on any atom is -0.496 e. The fourth-order valence-electron chi connectivity index (χ4n) is 2.27. The first kappa shape index (κ1) is 13.0. The van der Waals surface area contributed by atoms with Gasteiger partial charge in [0.05, 0.1) is 28.3 Å². The van der Waals surface area contributed by atoms with E-state index < -0.39 is 0 Å². The number of halogens is 1. The Morgan fingerprint density at radius 1 is 1.20 bits per heavy atom. The molecule has 0 saturated carbocycles. The van der Waals surface area contributed by atoms with E-state index in [-0.39, 0.29) is 0 Å². The third-order valence-electron chi connectivity index (χ3n) is 3.23. The molecule has 1 aromatic heterocycles. The molecule has 0 amide bonds. The summed E-state index contributed by atoms with van der Waals surface area (Å²) in [5.41, 5.74) is 10.1. The summed E-state index contributed by atoms with van der Waals surface area (Å²) in [5, 5.41) is 0. The summed E-state index contributed by atoms with van der Waals surface area (Å²) in [6.07, 6.45) is 0. The third kappa shape index (κ3) is 2.04. The molecule has 2 aromatic carbocycles.